The summed E-state index contributed by atoms with van der Waals surface area (Å²) in [5, 5.41) is 11.6. The molecule has 0 aliphatic heterocycles. The molecule has 0 unspecified atom stereocenters. The number of hydrogen-bond acceptors (Lipinski definition) is 6. The molecule has 1 saturated carbocycles. The second-order valence-electron chi connectivity index (χ2n) is 6.82. The number of aromatic nitrogens is 5. The average Bonchev–Trinajstić information content (AvgIpc) is 3.13. The van der Waals surface area contributed by atoms with Crippen molar-refractivity contribution in [2.24, 2.45) is 0 Å². The van der Waals surface area contributed by atoms with Gasteiger partial charge in [0.25, 0.3) is 0 Å². The first-order chi connectivity index (χ1) is 13.1. The second-order valence-corrected chi connectivity index (χ2v) is 6.82. The fourth-order valence-electron chi connectivity index (χ4n) is 3.32. The summed E-state index contributed by atoms with van der Waals surface area (Å²) in [7, 11) is 0. The Morgan fingerprint density at radius 2 is 2.15 bits per heavy atom. The summed E-state index contributed by atoms with van der Waals surface area (Å²) in [6.07, 6.45) is 6.01. The van der Waals surface area contributed by atoms with Crippen molar-refractivity contribution in [2.45, 2.75) is 31.6 Å². The summed E-state index contributed by atoms with van der Waals surface area (Å²) >= 11 is 0. The van der Waals surface area contributed by atoms with Crippen LogP contribution < -0.4 is 5.32 Å². The fraction of sp³-hybridized carbons (Fsp3) is 0.316. The molecule has 3 heterocycles. The van der Waals surface area contributed by atoms with Crippen molar-refractivity contribution in [1.29, 1.82) is 0 Å². The molecular weight excluding hydrogens is 347 g/mol. The lowest BCUT2D eigenvalue weighted by Crippen LogP contribution is -2.42. The molecule has 3 aromatic heterocycles. The van der Waals surface area contributed by atoms with Gasteiger partial charge in [-0.1, -0.05) is 6.42 Å². The maximum atomic E-state index is 14.2. The first-order valence-corrected chi connectivity index (χ1v) is 8.83. The summed E-state index contributed by atoms with van der Waals surface area (Å²) in [5.74, 6) is 0.709. The normalized spacial score (nSPS) is 15.2. The van der Waals surface area contributed by atoms with E-state index >= 15 is 0 Å². The zero-order valence-electron chi connectivity index (χ0n) is 14.9. The van der Waals surface area contributed by atoms with E-state index in [0.717, 1.165) is 19.3 Å². The summed E-state index contributed by atoms with van der Waals surface area (Å²) in [6.45, 7) is 2.00. The van der Waals surface area contributed by atoms with Crippen LogP contribution in [0.4, 0.5) is 10.2 Å². The van der Waals surface area contributed by atoms with Gasteiger partial charge in [0.05, 0.1) is 5.69 Å². The Morgan fingerprint density at radius 1 is 1.30 bits per heavy atom. The van der Waals surface area contributed by atoms with Crippen LogP contribution in [0.15, 0.2) is 36.7 Å². The Balaban J connectivity index is 1.47. The van der Waals surface area contributed by atoms with Crippen LogP contribution in [0.5, 0.6) is 0 Å². The van der Waals surface area contributed by atoms with Gasteiger partial charge in [0.15, 0.2) is 11.6 Å². The molecule has 1 aliphatic rings. The lowest BCUT2D eigenvalue weighted by Gasteiger charge is -2.41. The molecule has 138 valence electrons. The number of carbonyl (C=O) groups excluding carboxylic acids is 1. The van der Waals surface area contributed by atoms with E-state index in [4.69, 9.17) is 0 Å². The maximum absolute atomic E-state index is 14.2. The minimum Gasteiger partial charge on any atom is -0.368 e. The lowest BCUT2D eigenvalue weighted by molar-refractivity contribution is 0.101. The third-order valence-corrected chi connectivity index (χ3v) is 5.03. The quantitative estimate of drug-likeness (QED) is 0.651. The van der Waals surface area contributed by atoms with E-state index in [9.17, 15) is 9.18 Å². The molecular formula is C19H19FN6O. The van der Waals surface area contributed by atoms with Gasteiger partial charge in [-0.25, -0.2) is 9.37 Å². The number of nitrogens with zero attached hydrogens (tertiary/aromatic N) is 4. The molecule has 4 rings (SSSR count). The minimum atomic E-state index is -0.302. The molecule has 7 nitrogen and oxygen atoms in total. The van der Waals surface area contributed by atoms with Crippen molar-refractivity contribution in [1.82, 2.24) is 25.1 Å². The summed E-state index contributed by atoms with van der Waals surface area (Å²) in [6, 6.07) is 6.62. The van der Waals surface area contributed by atoms with Crippen LogP contribution >= 0.6 is 0 Å². The van der Waals surface area contributed by atoms with Crippen LogP contribution in [0.25, 0.3) is 11.5 Å². The standard InChI is InChI=1S/C19H19FN6O/c1-12(27)15-10-22-18(24-15)14-5-6-16(26-25-14)23-11-19(7-3-8-19)17-13(20)4-2-9-21-17/h2,4-6,9-10H,3,7-8,11H2,1H3,(H,22,24)(H,23,26). The van der Waals surface area contributed by atoms with Gasteiger partial charge in [-0.3, -0.25) is 9.78 Å². The smallest absolute Gasteiger partial charge is 0.179 e. The number of nitrogens with one attached hydrogen (secondary N) is 2. The van der Waals surface area contributed by atoms with Gasteiger partial charge in [0, 0.05) is 31.3 Å². The molecule has 0 aromatic carbocycles. The van der Waals surface area contributed by atoms with E-state index in [2.05, 4.69) is 30.5 Å². The Kier molecular flexibility index (Phi) is 4.39. The molecule has 27 heavy (non-hydrogen) atoms. The Hall–Kier alpha value is -3.16. The van der Waals surface area contributed by atoms with Crippen molar-refractivity contribution >= 4 is 11.6 Å². The third kappa shape index (κ3) is 3.30. The zero-order valence-corrected chi connectivity index (χ0v) is 14.9. The number of carbonyl (C=O) groups is 1. The highest BCUT2D eigenvalue weighted by molar-refractivity contribution is 5.92. The summed E-state index contributed by atoms with van der Waals surface area (Å²) in [4.78, 5) is 22.7. The van der Waals surface area contributed by atoms with Crippen LogP contribution in [0.1, 0.15) is 42.4 Å². The molecule has 8 heteroatoms. The number of halogens is 1. The first-order valence-electron chi connectivity index (χ1n) is 8.83. The number of aromatic amines is 1. The highest BCUT2D eigenvalue weighted by Gasteiger charge is 2.41. The molecule has 1 fully saturated rings. The van der Waals surface area contributed by atoms with Crippen LogP contribution in [0, 0.1) is 5.82 Å². The van der Waals surface area contributed by atoms with E-state index in [-0.39, 0.29) is 17.0 Å². The first kappa shape index (κ1) is 17.3. The number of pyridine rings is 1. The SMILES string of the molecule is CC(=O)c1c[nH]c(-c2ccc(NCC3(c4ncccc4F)CCC3)nn2)n1. The molecule has 2 N–H and O–H groups in total. The monoisotopic (exact) mass is 366 g/mol. The molecule has 0 bridgehead atoms. The molecule has 1 aliphatic carbocycles. The number of H-pyrrole nitrogens is 1. The minimum absolute atomic E-state index is 0.115. The topological polar surface area (TPSA) is 96.5 Å². The van der Waals surface area contributed by atoms with E-state index < -0.39 is 0 Å². The van der Waals surface area contributed by atoms with Gasteiger partial charge >= 0.3 is 0 Å². The predicted molar refractivity (Wildman–Crippen MR) is 97.8 cm³/mol. The molecule has 0 saturated heterocycles. The van der Waals surface area contributed by atoms with Crippen LogP contribution in [-0.4, -0.2) is 37.5 Å². The Morgan fingerprint density at radius 3 is 2.74 bits per heavy atom. The molecule has 0 atom stereocenters. The molecule has 0 spiro atoms. The van der Waals surface area contributed by atoms with Gasteiger partial charge in [-0.2, -0.15) is 0 Å². The number of ketones is 1. The van der Waals surface area contributed by atoms with Gasteiger partial charge in [-0.15, -0.1) is 10.2 Å². The van der Waals surface area contributed by atoms with E-state index in [1.807, 2.05) is 0 Å². The van der Waals surface area contributed by atoms with Crippen molar-refractivity contribution in [3.8, 4) is 11.5 Å². The second kappa shape index (κ2) is 6.86. The summed E-state index contributed by atoms with van der Waals surface area (Å²) < 4.78 is 14.2. The van der Waals surface area contributed by atoms with Crippen LogP contribution in [-0.2, 0) is 5.41 Å². The van der Waals surface area contributed by atoms with E-state index in [1.54, 1.807) is 30.6 Å². The van der Waals surface area contributed by atoms with Crippen molar-refractivity contribution in [3.63, 3.8) is 0 Å². The van der Waals surface area contributed by atoms with E-state index in [1.165, 1.54) is 13.0 Å². The van der Waals surface area contributed by atoms with Crippen LogP contribution in [0.2, 0.25) is 0 Å². The Bertz CT molecular complexity index is 964. The highest BCUT2D eigenvalue weighted by Crippen LogP contribution is 2.43. The lowest BCUT2D eigenvalue weighted by atomic mass is 9.66. The molecule has 0 radical (unpaired) electrons. The zero-order chi connectivity index (χ0) is 18.9. The largest absolute Gasteiger partial charge is 0.368 e. The number of Topliss-reactive ketones (excluding diaryl/α,β-unsaturated/α-hetero) is 1. The average molecular weight is 366 g/mol. The van der Waals surface area contributed by atoms with Crippen LogP contribution in [0.3, 0.4) is 0 Å². The number of hydrogen-bond donors (Lipinski definition) is 2. The fourth-order valence-corrected chi connectivity index (χ4v) is 3.32. The van der Waals surface area contributed by atoms with Crippen molar-refractivity contribution < 1.29 is 9.18 Å². The molecule has 3 aromatic rings. The van der Waals surface area contributed by atoms with E-state index in [0.29, 0.717) is 35.3 Å². The third-order valence-electron chi connectivity index (χ3n) is 5.03. The number of rotatable bonds is 6. The highest BCUT2D eigenvalue weighted by atomic mass is 19.1. The van der Waals surface area contributed by atoms with Gasteiger partial charge in [0.1, 0.15) is 23.0 Å². The number of imidazole rings is 1. The number of anilines is 1. The van der Waals surface area contributed by atoms with Crippen molar-refractivity contribution in [3.05, 3.63) is 53.9 Å². The van der Waals surface area contributed by atoms with Gasteiger partial charge in [-0.05, 0) is 37.1 Å². The van der Waals surface area contributed by atoms with Crippen molar-refractivity contribution in [2.75, 3.05) is 11.9 Å². The Labute approximate surface area is 155 Å². The maximum Gasteiger partial charge on any atom is 0.179 e. The van der Waals surface area contributed by atoms with Gasteiger partial charge in [0.2, 0.25) is 0 Å². The predicted octanol–water partition coefficient (Wildman–Crippen LogP) is 3.14. The van der Waals surface area contributed by atoms with Gasteiger partial charge < -0.3 is 10.3 Å². The molecule has 0 amide bonds. The summed E-state index contributed by atoms with van der Waals surface area (Å²) in [5.41, 5.74) is 1.12.